The number of fused-ring (bicyclic) bond motifs is 1. The number of benzene rings is 3. The smallest absolute Gasteiger partial charge is 0.282 e. The minimum atomic E-state index is -0.422. The Morgan fingerprint density at radius 1 is 0.824 bits per heavy atom. The molecular weight excluding hydrogens is 432 g/mol. The van der Waals surface area contributed by atoms with Crippen LogP contribution < -0.4 is 24.4 Å². The minimum Gasteiger partial charge on any atom is -0.497 e. The quantitative estimate of drug-likeness (QED) is 0.571. The first-order valence-electron chi connectivity index (χ1n) is 11.0. The Labute approximate surface area is 197 Å². The standard InChI is InChI=1S/C27H24N2O5/c1-16-4-8-20(14-17(16)2)29-26(30)24(18-5-9-21(32-3)10-6-18)25(27(29)31)28-19-7-11-22-23(15-19)34-13-12-33-22/h4-11,14-15,28H,12-13H2,1-3H3. The second-order valence-corrected chi connectivity index (χ2v) is 8.18. The molecule has 2 amide bonds. The Balaban J connectivity index is 1.58. The number of hydrogen-bond donors (Lipinski definition) is 1. The molecule has 0 saturated heterocycles. The molecule has 2 aliphatic heterocycles. The van der Waals surface area contributed by atoms with Gasteiger partial charge in [0.1, 0.15) is 24.7 Å². The van der Waals surface area contributed by atoms with Crippen LogP contribution in [0, 0.1) is 13.8 Å². The van der Waals surface area contributed by atoms with E-state index in [0.29, 0.717) is 53.0 Å². The van der Waals surface area contributed by atoms with Crippen LogP contribution in [0.25, 0.3) is 5.57 Å². The van der Waals surface area contributed by atoms with Crippen molar-refractivity contribution < 1.29 is 23.8 Å². The number of aryl methyl sites for hydroxylation is 2. The van der Waals surface area contributed by atoms with Gasteiger partial charge < -0.3 is 19.5 Å². The number of nitrogens with zero attached hydrogens (tertiary/aromatic N) is 1. The molecule has 5 rings (SSSR count). The van der Waals surface area contributed by atoms with Crippen molar-refractivity contribution in [2.45, 2.75) is 13.8 Å². The molecule has 0 bridgehead atoms. The van der Waals surface area contributed by atoms with Crippen LogP contribution in [0.15, 0.2) is 66.4 Å². The molecule has 3 aromatic carbocycles. The van der Waals surface area contributed by atoms with Gasteiger partial charge in [-0.15, -0.1) is 0 Å². The van der Waals surface area contributed by atoms with Gasteiger partial charge in [0.2, 0.25) is 0 Å². The number of methoxy groups -OCH3 is 1. The number of ether oxygens (including phenoxy) is 3. The maximum Gasteiger partial charge on any atom is 0.282 e. The number of imide groups is 1. The average Bonchev–Trinajstić information content (AvgIpc) is 3.10. The second-order valence-electron chi connectivity index (χ2n) is 8.18. The van der Waals surface area contributed by atoms with Crippen LogP contribution in [-0.2, 0) is 9.59 Å². The Kier molecular flexibility index (Phi) is 5.45. The van der Waals surface area contributed by atoms with E-state index in [1.165, 1.54) is 4.90 Å². The van der Waals surface area contributed by atoms with E-state index in [1.54, 1.807) is 55.6 Å². The maximum absolute atomic E-state index is 13.6. The van der Waals surface area contributed by atoms with Gasteiger partial charge in [-0.3, -0.25) is 9.59 Å². The molecule has 7 nitrogen and oxygen atoms in total. The summed E-state index contributed by atoms with van der Waals surface area (Å²) in [6.45, 7) is 4.89. The number of nitrogens with one attached hydrogen (secondary N) is 1. The van der Waals surface area contributed by atoms with Gasteiger partial charge in [-0.05, 0) is 66.9 Å². The first kappa shape index (κ1) is 21.6. The Hall–Kier alpha value is -4.26. The predicted octanol–water partition coefficient (Wildman–Crippen LogP) is 4.48. The molecule has 7 heteroatoms. The summed E-state index contributed by atoms with van der Waals surface area (Å²) in [5.41, 5.74) is 4.34. The average molecular weight is 456 g/mol. The third-order valence-electron chi connectivity index (χ3n) is 6.02. The molecule has 2 heterocycles. The lowest BCUT2D eigenvalue weighted by atomic mass is 10.0. The minimum absolute atomic E-state index is 0.199. The maximum atomic E-state index is 13.6. The summed E-state index contributed by atoms with van der Waals surface area (Å²) in [6, 6.07) is 18.0. The molecule has 0 aliphatic carbocycles. The fourth-order valence-corrected chi connectivity index (χ4v) is 4.04. The largest absolute Gasteiger partial charge is 0.497 e. The van der Waals surface area contributed by atoms with Crippen LogP contribution in [0.1, 0.15) is 16.7 Å². The summed E-state index contributed by atoms with van der Waals surface area (Å²) < 4.78 is 16.5. The van der Waals surface area contributed by atoms with Crippen molar-refractivity contribution in [3.05, 3.63) is 83.1 Å². The van der Waals surface area contributed by atoms with E-state index < -0.39 is 11.8 Å². The molecule has 34 heavy (non-hydrogen) atoms. The van der Waals surface area contributed by atoms with Gasteiger partial charge in [0.05, 0.1) is 18.4 Å². The topological polar surface area (TPSA) is 77.1 Å². The molecule has 2 aliphatic rings. The van der Waals surface area contributed by atoms with E-state index in [-0.39, 0.29) is 5.70 Å². The van der Waals surface area contributed by atoms with Crippen LogP contribution in [0.3, 0.4) is 0 Å². The highest BCUT2D eigenvalue weighted by Crippen LogP contribution is 2.37. The molecule has 1 N–H and O–H groups in total. The van der Waals surface area contributed by atoms with Crippen molar-refractivity contribution in [2.24, 2.45) is 0 Å². The highest BCUT2D eigenvalue weighted by molar-refractivity contribution is 6.46. The zero-order chi connectivity index (χ0) is 23.8. The summed E-state index contributed by atoms with van der Waals surface area (Å²) in [5, 5.41) is 3.17. The van der Waals surface area contributed by atoms with Crippen molar-refractivity contribution in [2.75, 3.05) is 30.5 Å². The van der Waals surface area contributed by atoms with E-state index >= 15 is 0 Å². The van der Waals surface area contributed by atoms with E-state index in [9.17, 15) is 9.59 Å². The number of rotatable bonds is 5. The van der Waals surface area contributed by atoms with Crippen molar-refractivity contribution in [3.8, 4) is 17.2 Å². The first-order chi connectivity index (χ1) is 16.5. The van der Waals surface area contributed by atoms with Crippen LogP contribution in [-0.4, -0.2) is 32.1 Å². The van der Waals surface area contributed by atoms with Crippen molar-refractivity contribution >= 4 is 28.8 Å². The summed E-state index contributed by atoms with van der Waals surface area (Å²) >= 11 is 0. The fraction of sp³-hybridized carbons (Fsp3) is 0.185. The van der Waals surface area contributed by atoms with Gasteiger partial charge in [-0.25, -0.2) is 4.90 Å². The third kappa shape index (κ3) is 3.75. The van der Waals surface area contributed by atoms with Crippen LogP contribution >= 0.6 is 0 Å². The van der Waals surface area contributed by atoms with Crippen molar-refractivity contribution in [1.82, 2.24) is 0 Å². The Morgan fingerprint density at radius 3 is 2.26 bits per heavy atom. The van der Waals surface area contributed by atoms with E-state index in [1.807, 2.05) is 26.0 Å². The van der Waals surface area contributed by atoms with Gasteiger partial charge in [-0.2, -0.15) is 0 Å². The monoisotopic (exact) mass is 456 g/mol. The number of hydrogen-bond acceptors (Lipinski definition) is 6. The Bertz CT molecular complexity index is 1330. The molecule has 0 fully saturated rings. The summed E-state index contributed by atoms with van der Waals surface area (Å²) in [6.07, 6.45) is 0. The van der Waals surface area contributed by atoms with Crippen LogP contribution in [0.5, 0.6) is 17.2 Å². The number of anilines is 2. The van der Waals surface area contributed by atoms with Gasteiger partial charge in [0, 0.05) is 11.8 Å². The van der Waals surface area contributed by atoms with Crippen molar-refractivity contribution in [3.63, 3.8) is 0 Å². The lowest BCUT2D eigenvalue weighted by molar-refractivity contribution is -0.120. The molecule has 0 saturated carbocycles. The van der Waals surface area contributed by atoms with Crippen molar-refractivity contribution in [1.29, 1.82) is 0 Å². The summed E-state index contributed by atoms with van der Waals surface area (Å²) in [5.74, 6) is 1.08. The molecule has 0 atom stereocenters. The number of amides is 2. The normalized spacial score (nSPS) is 15.1. The van der Waals surface area contributed by atoms with Gasteiger partial charge >= 0.3 is 0 Å². The zero-order valence-electron chi connectivity index (χ0n) is 19.2. The highest BCUT2D eigenvalue weighted by Gasteiger charge is 2.40. The van der Waals surface area contributed by atoms with E-state index in [0.717, 1.165) is 11.1 Å². The third-order valence-corrected chi connectivity index (χ3v) is 6.02. The summed E-state index contributed by atoms with van der Waals surface area (Å²) in [4.78, 5) is 28.5. The number of carbonyl (C=O) groups excluding carboxylic acids is 2. The SMILES string of the molecule is COc1ccc(C2=C(Nc3ccc4c(c3)OCCO4)C(=O)N(c3ccc(C)c(C)c3)C2=O)cc1. The number of carbonyl (C=O) groups is 2. The second kappa shape index (κ2) is 8.59. The van der Waals surface area contributed by atoms with E-state index in [2.05, 4.69) is 5.32 Å². The zero-order valence-corrected chi connectivity index (χ0v) is 19.2. The van der Waals surface area contributed by atoms with Gasteiger partial charge in [0.25, 0.3) is 11.8 Å². The highest BCUT2D eigenvalue weighted by atomic mass is 16.6. The first-order valence-corrected chi connectivity index (χ1v) is 11.0. The molecule has 0 radical (unpaired) electrons. The predicted molar refractivity (Wildman–Crippen MR) is 129 cm³/mol. The van der Waals surface area contributed by atoms with E-state index in [4.69, 9.17) is 14.2 Å². The molecule has 0 aromatic heterocycles. The molecule has 3 aromatic rings. The lowest BCUT2D eigenvalue weighted by Gasteiger charge is -2.19. The van der Waals surface area contributed by atoms with Crippen LogP contribution in [0.4, 0.5) is 11.4 Å². The fourth-order valence-electron chi connectivity index (χ4n) is 4.04. The molecule has 0 spiro atoms. The van der Waals surface area contributed by atoms with Crippen LogP contribution in [0.2, 0.25) is 0 Å². The molecular formula is C27H24N2O5. The Morgan fingerprint density at radius 2 is 1.56 bits per heavy atom. The molecule has 0 unspecified atom stereocenters. The molecule has 172 valence electrons. The van der Waals surface area contributed by atoms with Gasteiger partial charge in [-0.1, -0.05) is 18.2 Å². The lowest BCUT2D eigenvalue weighted by Crippen LogP contribution is -2.32. The summed E-state index contributed by atoms with van der Waals surface area (Å²) in [7, 11) is 1.58. The van der Waals surface area contributed by atoms with Gasteiger partial charge in [0.15, 0.2) is 11.5 Å².